The smallest absolute Gasteiger partial charge is 0.272 e. The molecule has 1 heterocycles. The minimum Gasteiger partial charge on any atom is -0.350 e. The Morgan fingerprint density at radius 2 is 2.11 bits per heavy atom. The number of rotatable bonds is 3. The number of nitrogens with one attached hydrogen (secondary N) is 1. The summed E-state index contributed by atoms with van der Waals surface area (Å²) in [5.74, 6) is -0.328. The fourth-order valence-electron chi connectivity index (χ4n) is 1.47. The highest BCUT2D eigenvalue weighted by atomic mass is 35.5. The summed E-state index contributed by atoms with van der Waals surface area (Å²) < 4.78 is 1.89. The summed E-state index contributed by atoms with van der Waals surface area (Å²) in [6.07, 6.45) is 3.48. The molecule has 0 spiro atoms. The summed E-state index contributed by atoms with van der Waals surface area (Å²) >= 11 is 5.91. The van der Waals surface area contributed by atoms with Crippen LogP contribution < -0.4 is 5.43 Å². The summed E-state index contributed by atoms with van der Waals surface area (Å²) in [5.41, 5.74) is 3.74. The van der Waals surface area contributed by atoms with E-state index >= 15 is 0 Å². The molecule has 1 N–H and O–H groups in total. The van der Waals surface area contributed by atoms with Crippen LogP contribution in [-0.2, 0) is 7.05 Å². The van der Waals surface area contributed by atoms with Crippen LogP contribution in [-0.4, -0.2) is 16.7 Å². The summed E-state index contributed by atoms with van der Waals surface area (Å²) in [4.78, 5) is 11.8. The predicted octanol–water partition coefficient (Wildman–Crippen LogP) is 2.44. The summed E-state index contributed by atoms with van der Waals surface area (Å²) in [5, 5.41) is 4.29. The molecule has 0 aliphatic carbocycles. The van der Waals surface area contributed by atoms with E-state index in [0.29, 0.717) is 10.6 Å². The molecule has 0 saturated heterocycles. The van der Waals surface area contributed by atoms with Crippen molar-refractivity contribution in [2.75, 3.05) is 0 Å². The molecule has 92 valence electrons. The van der Waals surface area contributed by atoms with Crippen LogP contribution in [0.2, 0.25) is 5.02 Å². The lowest BCUT2D eigenvalue weighted by Crippen LogP contribution is -2.18. The van der Waals surface area contributed by atoms with Crippen LogP contribution in [0, 0.1) is 0 Å². The molecule has 0 bridgehead atoms. The molecule has 1 aromatic carbocycles. The molecule has 5 heteroatoms. The van der Waals surface area contributed by atoms with Gasteiger partial charge in [0.25, 0.3) is 5.91 Å². The monoisotopic (exact) mass is 261 g/mol. The molecule has 2 aromatic rings. The number of nitrogens with zero attached hydrogens (tertiary/aromatic N) is 2. The van der Waals surface area contributed by atoms with Crippen molar-refractivity contribution in [1.82, 2.24) is 9.99 Å². The van der Waals surface area contributed by atoms with E-state index in [1.54, 1.807) is 30.5 Å². The fraction of sp³-hybridized carbons (Fsp3) is 0.0769. The van der Waals surface area contributed by atoms with Gasteiger partial charge in [0.1, 0.15) is 0 Å². The Morgan fingerprint density at radius 3 is 2.78 bits per heavy atom. The maximum Gasteiger partial charge on any atom is 0.272 e. The normalized spacial score (nSPS) is 10.8. The van der Waals surface area contributed by atoms with Gasteiger partial charge in [-0.2, -0.15) is 5.10 Å². The summed E-state index contributed by atoms with van der Waals surface area (Å²) in [6, 6.07) is 10.6. The first kappa shape index (κ1) is 12.4. The van der Waals surface area contributed by atoms with E-state index in [9.17, 15) is 4.79 Å². The van der Waals surface area contributed by atoms with Crippen molar-refractivity contribution >= 4 is 23.7 Å². The first-order chi connectivity index (χ1) is 8.68. The molecular weight excluding hydrogens is 250 g/mol. The number of amides is 1. The zero-order valence-electron chi connectivity index (χ0n) is 9.80. The average Bonchev–Trinajstić information content (AvgIpc) is 2.75. The van der Waals surface area contributed by atoms with E-state index in [-0.39, 0.29) is 5.91 Å². The number of carbonyl (C=O) groups is 1. The Kier molecular flexibility index (Phi) is 3.79. The Hall–Kier alpha value is -2.07. The highest BCUT2D eigenvalue weighted by Gasteiger charge is 2.07. The summed E-state index contributed by atoms with van der Waals surface area (Å²) in [7, 11) is 1.90. The van der Waals surface area contributed by atoms with Crippen LogP contribution in [0.25, 0.3) is 0 Å². The maximum absolute atomic E-state index is 11.8. The van der Waals surface area contributed by atoms with E-state index in [4.69, 9.17) is 11.6 Å². The SMILES string of the molecule is Cn1cccc1/C=N\NC(=O)c1ccccc1Cl. The Morgan fingerprint density at radius 1 is 1.33 bits per heavy atom. The van der Waals surface area contributed by atoms with Crippen molar-refractivity contribution < 1.29 is 4.79 Å². The van der Waals surface area contributed by atoms with Gasteiger partial charge in [-0.25, -0.2) is 5.43 Å². The molecule has 1 amide bonds. The molecule has 4 nitrogen and oxygen atoms in total. The van der Waals surface area contributed by atoms with Crippen LogP contribution in [0.5, 0.6) is 0 Å². The molecule has 0 unspecified atom stereocenters. The second kappa shape index (κ2) is 5.51. The van der Waals surface area contributed by atoms with Gasteiger partial charge < -0.3 is 4.57 Å². The van der Waals surface area contributed by atoms with Crippen molar-refractivity contribution in [2.45, 2.75) is 0 Å². The van der Waals surface area contributed by atoms with Crippen LogP contribution >= 0.6 is 11.6 Å². The van der Waals surface area contributed by atoms with Crippen LogP contribution in [0.1, 0.15) is 16.1 Å². The molecule has 0 saturated carbocycles. The van der Waals surface area contributed by atoms with Crippen LogP contribution in [0.4, 0.5) is 0 Å². The van der Waals surface area contributed by atoms with Crippen molar-refractivity contribution in [3.8, 4) is 0 Å². The van der Waals surface area contributed by atoms with Gasteiger partial charge in [-0.3, -0.25) is 4.79 Å². The van der Waals surface area contributed by atoms with Crippen molar-refractivity contribution in [3.63, 3.8) is 0 Å². The minimum atomic E-state index is -0.328. The molecule has 18 heavy (non-hydrogen) atoms. The van der Waals surface area contributed by atoms with E-state index in [1.807, 2.05) is 29.9 Å². The van der Waals surface area contributed by atoms with E-state index in [2.05, 4.69) is 10.5 Å². The van der Waals surface area contributed by atoms with Gasteiger partial charge >= 0.3 is 0 Å². The van der Waals surface area contributed by atoms with Crippen molar-refractivity contribution in [3.05, 3.63) is 58.9 Å². The van der Waals surface area contributed by atoms with Gasteiger partial charge in [0.15, 0.2) is 0 Å². The number of carbonyl (C=O) groups excluding carboxylic acids is 1. The number of hydrogen-bond acceptors (Lipinski definition) is 2. The minimum absolute atomic E-state index is 0.328. The standard InChI is InChI=1S/C13H12ClN3O/c1-17-8-4-5-10(17)9-15-16-13(18)11-6-2-3-7-12(11)14/h2-9H,1H3,(H,16,18)/b15-9-. The van der Waals surface area contributed by atoms with Crippen LogP contribution in [0.3, 0.4) is 0 Å². The van der Waals surface area contributed by atoms with E-state index < -0.39 is 0 Å². The average molecular weight is 262 g/mol. The second-order valence-electron chi connectivity index (χ2n) is 3.72. The largest absolute Gasteiger partial charge is 0.350 e. The van der Waals surface area contributed by atoms with Gasteiger partial charge in [-0.1, -0.05) is 23.7 Å². The maximum atomic E-state index is 11.8. The number of halogens is 1. The number of hydrazone groups is 1. The molecule has 1 aromatic heterocycles. The zero-order valence-corrected chi connectivity index (χ0v) is 10.6. The number of benzene rings is 1. The van der Waals surface area contributed by atoms with Crippen molar-refractivity contribution in [2.24, 2.45) is 12.1 Å². The van der Waals surface area contributed by atoms with Crippen molar-refractivity contribution in [1.29, 1.82) is 0 Å². The lowest BCUT2D eigenvalue weighted by molar-refractivity contribution is 0.0955. The van der Waals surface area contributed by atoms with Gasteiger partial charge in [-0.05, 0) is 24.3 Å². The molecule has 0 fully saturated rings. The van der Waals surface area contributed by atoms with E-state index in [0.717, 1.165) is 5.69 Å². The topological polar surface area (TPSA) is 46.4 Å². The van der Waals surface area contributed by atoms with Gasteiger partial charge in [0.05, 0.1) is 22.5 Å². The Bertz CT molecular complexity index is 589. The molecule has 0 aliphatic heterocycles. The third kappa shape index (κ3) is 2.78. The third-order valence-corrected chi connectivity index (χ3v) is 2.79. The zero-order chi connectivity index (χ0) is 13.0. The number of hydrogen-bond donors (Lipinski definition) is 1. The highest BCUT2D eigenvalue weighted by Crippen LogP contribution is 2.14. The first-order valence-corrected chi connectivity index (χ1v) is 5.75. The molecular formula is C13H12ClN3O. The molecule has 0 aliphatic rings. The second-order valence-corrected chi connectivity index (χ2v) is 4.13. The van der Waals surface area contributed by atoms with Gasteiger partial charge in [-0.15, -0.1) is 0 Å². The highest BCUT2D eigenvalue weighted by molar-refractivity contribution is 6.33. The Balaban J connectivity index is 2.03. The lowest BCUT2D eigenvalue weighted by atomic mass is 10.2. The molecule has 0 atom stereocenters. The first-order valence-electron chi connectivity index (χ1n) is 5.38. The fourth-order valence-corrected chi connectivity index (χ4v) is 1.69. The number of aromatic nitrogens is 1. The number of aryl methyl sites for hydroxylation is 1. The third-order valence-electron chi connectivity index (χ3n) is 2.47. The lowest BCUT2D eigenvalue weighted by Gasteiger charge is -2.01. The molecule has 2 rings (SSSR count). The quantitative estimate of drug-likeness (QED) is 0.669. The van der Waals surface area contributed by atoms with Gasteiger partial charge in [0.2, 0.25) is 0 Å². The van der Waals surface area contributed by atoms with Gasteiger partial charge in [0, 0.05) is 13.2 Å². The van der Waals surface area contributed by atoms with E-state index in [1.165, 1.54) is 0 Å². The Labute approximate surface area is 110 Å². The predicted molar refractivity (Wildman–Crippen MR) is 71.9 cm³/mol. The molecule has 0 radical (unpaired) electrons. The summed E-state index contributed by atoms with van der Waals surface area (Å²) in [6.45, 7) is 0. The van der Waals surface area contributed by atoms with Crippen LogP contribution in [0.15, 0.2) is 47.7 Å².